The fourth-order valence-corrected chi connectivity index (χ4v) is 2.34. The number of pyridine rings is 1. The smallest absolute Gasteiger partial charge is 0.224 e. The van der Waals surface area contributed by atoms with E-state index in [1.54, 1.807) is 0 Å². The molecule has 2 N–H and O–H groups in total. The van der Waals surface area contributed by atoms with Gasteiger partial charge in [0.05, 0.1) is 0 Å². The second-order valence-electron chi connectivity index (χ2n) is 5.32. The topological polar surface area (TPSA) is 48.1 Å². The maximum atomic E-state index is 6.11. The summed E-state index contributed by atoms with van der Waals surface area (Å²) in [7, 11) is 0. The molecule has 0 saturated carbocycles. The normalized spacial score (nSPS) is 10.7. The fourth-order valence-electron chi connectivity index (χ4n) is 2.34. The Hall–Kier alpha value is -1.87. The van der Waals surface area contributed by atoms with Gasteiger partial charge in [-0.2, -0.15) is 0 Å². The van der Waals surface area contributed by atoms with Gasteiger partial charge in [0.15, 0.2) is 0 Å². The Bertz CT molecular complexity index is 648. The minimum Gasteiger partial charge on any atom is -0.438 e. The van der Waals surface area contributed by atoms with E-state index >= 15 is 0 Å². The number of nitrogens with zero attached hydrogens (tertiary/aromatic N) is 1. The minimum atomic E-state index is 0.429. The fraction of sp³-hybridized carbons (Fsp3) is 0.353. The van der Waals surface area contributed by atoms with Gasteiger partial charge in [-0.3, -0.25) is 0 Å². The molecule has 0 spiro atoms. The highest BCUT2D eigenvalue weighted by atomic mass is 16.5. The predicted octanol–water partition coefficient (Wildman–Crippen LogP) is 3.87. The van der Waals surface area contributed by atoms with Gasteiger partial charge in [-0.1, -0.05) is 12.1 Å². The monoisotopic (exact) mass is 270 g/mol. The summed E-state index contributed by atoms with van der Waals surface area (Å²) in [6.07, 6.45) is 0. The average Bonchev–Trinajstić information content (AvgIpc) is 2.39. The van der Waals surface area contributed by atoms with Crippen LogP contribution in [0.4, 0.5) is 0 Å². The van der Waals surface area contributed by atoms with Crippen molar-refractivity contribution in [1.82, 2.24) is 4.98 Å². The summed E-state index contributed by atoms with van der Waals surface area (Å²) in [4.78, 5) is 4.51. The van der Waals surface area contributed by atoms with Crippen LogP contribution < -0.4 is 10.5 Å². The Labute approximate surface area is 120 Å². The lowest BCUT2D eigenvalue weighted by Crippen LogP contribution is -2.06. The molecular weight excluding hydrogens is 248 g/mol. The van der Waals surface area contributed by atoms with Gasteiger partial charge < -0.3 is 10.5 Å². The maximum absolute atomic E-state index is 6.11. The van der Waals surface area contributed by atoms with E-state index in [9.17, 15) is 0 Å². The summed E-state index contributed by atoms with van der Waals surface area (Å²) in [5.74, 6) is 1.51. The van der Waals surface area contributed by atoms with Crippen LogP contribution in [0.15, 0.2) is 18.2 Å². The molecule has 0 bridgehead atoms. The number of hydrogen-bond acceptors (Lipinski definition) is 3. The van der Waals surface area contributed by atoms with E-state index in [1.165, 1.54) is 5.56 Å². The third-order valence-electron chi connectivity index (χ3n) is 3.71. The van der Waals surface area contributed by atoms with Crippen molar-refractivity contribution in [3.63, 3.8) is 0 Å². The molecule has 1 aromatic heterocycles. The summed E-state index contributed by atoms with van der Waals surface area (Å²) < 4.78 is 6.11. The number of hydrogen-bond donors (Lipinski definition) is 1. The Morgan fingerprint density at radius 1 is 1.00 bits per heavy atom. The molecule has 1 heterocycles. The summed E-state index contributed by atoms with van der Waals surface area (Å²) >= 11 is 0. The van der Waals surface area contributed by atoms with E-state index in [4.69, 9.17) is 10.5 Å². The molecular formula is C17H22N2O. The van der Waals surface area contributed by atoms with E-state index < -0.39 is 0 Å². The first-order valence-corrected chi connectivity index (χ1v) is 6.86. The number of nitrogens with two attached hydrogens (primary N) is 1. The summed E-state index contributed by atoms with van der Waals surface area (Å²) in [5, 5.41) is 0. The molecule has 106 valence electrons. The molecule has 0 aliphatic rings. The molecule has 0 fully saturated rings. The first-order valence-electron chi connectivity index (χ1n) is 6.86. The lowest BCUT2D eigenvalue weighted by Gasteiger charge is -2.16. The van der Waals surface area contributed by atoms with Crippen LogP contribution in [0.5, 0.6) is 11.6 Å². The van der Waals surface area contributed by atoms with E-state index in [0.29, 0.717) is 12.4 Å². The summed E-state index contributed by atoms with van der Waals surface area (Å²) in [5.41, 5.74) is 12.3. The molecule has 2 rings (SSSR count). The van der Waals surface area contributed by atoms with Gasteiger partial charge in [0.2, 0.25) is 5.88 Å². The van der Waals surface area contributed by atoms with Crippen LogP contribution in [0.3, 0.4) is 0 Å². The second kappa shape index (κ2) is 5.63. The molecule has 0 aliphatic carbocycles. The van der Waals surface area contributed by atoms with Crippen LogP contribution in [-0.4, -0.2) is 4.98 Å². The van der Waals surface area contributed by atoms with Crippen molar-refractivity contribution in [2.24, 2.45) is 5.73 Å². The summed E-state index contributed by atoms with van der Waals surface area (Å²) in [6.45, 7) is 10.6. The van der Waals surface area contributed by atoms with Gasteiger partial charge in [-0.15, -0.1) is 0 Å². The highest BCUT2D eigenvalue weighted by Crippen LogP contribution is 2.32. The molecule has 0 unspecified atom stereocenters. The zero-order valence-corrected chi connectivity index (χ0v) is 12.9. The van der Waals surface area contributed by atoms with Crippen molar-refractivity contribution >= 4 is 0 Å². The quantitative estimate of drug-likeness (QED) is 0.921. The molecule has 1 aromatic carbocycles. The van der Waals surface area contributed by atoms with E-state index in [-0.39, 0.29) is 0 Å². The Morgan fingerprint density at radius 2 is 1.65 bits per heavy atom. The van der Waals surface area contributed by atoms with E-state index in [1.807, 2.05) is 26.8 Å². The molecule has 2 aromatic rings. The van der Waals surface area contributed by atoms with Crippen molar-refractivity contribution in [1.29, 1.82) is 0 Å². The van der Waals surface area contributed by atoms with Gasteiger partial charge in [0.1, 0.15) is 5.75 Å². The Kier molecular flexibility index (Phi) is 4.09. The van der Waals surface area contributed by atoms with Crippen LogP contribution in [0.2, 0.25) is 0 Å². The number of aryl methyl sites for hydroxylation is 4. The van der Waals surface area contributed by atoms with E-state index in [2.05, 4.69) is 31.0 Å². The van der Waals surface area contributed by atoms with Crippen LogP contribution in [0.25, 0.3) is 0 Å². The van der Waals surface area contributed by atoms with Gasteiger partial charge in [-0.05, 0) is 62.9 Å². The molecule has 0 atom stereocenters. The maximum Gasteiger partial charge on any atom is 0.224 e. The predicted molar refractivity (Wildman–Crippen MR) is 82.3 cm³/mol. The molecule has 0 aliphatic heterocycles. The van der Waals surface area contributed by atoms with Crippen LogP contribution >= 0.6 is 0 Å². The van der Waals surface area contributed by atoms with Gasteiger partial charge in [0, 0.05) is 17.8 Å². The first kappa shape index (κ1) is 14.5. The highest BCUT2D eigenvalue weighted by molar-refractivity contribution is 5.48. The molecule has 0 radical (unpaired) electrons. The van der Waals surface area contributed by atoms with E-state index in [0.717, 1.165) is 33.7 Å². The first-order chi connectivity index (χ1) is 9.43. The van der Waals surface area contributed by atoms with Crippen molar-refractivity contribution in [2.45, 2.75) is 41.2 Å². The van der Waals surface area contributed by atoms with Crippen molar-refractivity contribution in [3.8, 4) is 11.6 Å². The van der Waals surface area contributed by atoms with Crippen molar-refractivity contribution < 1.29 is 4.74 Å². The standard InChI is InChI=1S/C17H22N2O/c1-10-6-7-11(2)16(14(10)5)20-17-15(9-18)12(3)8-13(4)19-17/h6-8H,9,18H2,1-5H3. The second-order valence-corrected chi connectivity index (χ2v) is 5.32. The molecule has 3 nitrogen and oxygen atoms in total. The third kappa shape index (κ3) is 2.68. The SMILES string of the molecule is Cc1cc(C)c(CN)c(Oc2c(C)ccc(C)c2C)n1. The lowest BCUT2D eigenvalue weighted by molar-refractivity contribution is 0.447. The molecule has 0 amide bonds. The summed E-state index contributed by atoms with van der Waals surface area (Å²) in [6, 6.07) is 6.21. The highest BCUT2D eigenvalue weighted by Gasteiger charge is 2.13. The Balaban J connectivity index is 2.53. The zero-order valence-electron chi connectivity index (χ0n) is 12.9. The molecule has 0 saturated heterocycles. The zero-order chi connectivity index (χ0) is 14.9. The van der Waals surface area contributed by atoms with Crippen LogP contribution in [0, 0.1) is 34.6 Å². The number of benzene rings is 1. The third-order valence-corrected chi connectivity index (χ3v) is 3.71. The number of aromatic nitrogens is 1. The largest absolute Gasteiger partial charge is 0.438 e. The van der Waals surface area contributed by atoms with Crippen LogP contribution in [0.1, 0.15) is 33.5 Å². The van der Waals surface area contributed by atoms with Crippen molar-refractivity contribution in [2.75, 3.05) is 0 Å². The Morgan fingerprint density at radius 3 is 2.30 bits per heavy atom. The van der Waals surface area contributed by atoms with Crippen molar-refractivity contribution in [3.05, 3.63) is 51.7 Å². The van der Waals surface area contributed by atoms with Gasteiger partial charge in [-0.25, -0.2) is 4.98 Å². The minimum absolute atomic E-state index is 0.429. The average molecular weight is 270 g/mol. The lowest BCUT2D eigenvalue weighted by atomic mass is 10.1. The number of rotatable bonds is 3. The molecule has 3 heteroatoms. The van der Waals surface area contributed by atoms with Crippen LogP contribution in [-0.2, 0) is 6.54 Å². The van der Waals surface area contributed by atoms with Gasteiger partial charge in [0.25, 0.3) is 0 Å². The number of ether oxygens (including phenoxy) is 1. The van der Waals surface area contributed by atoms with Gasteiger partial charge >= 0.3 is 0 Å². The molecule has 20 heavy (non-hydrogen) atoms.